The SMILES string of the molecule is COC1CC(NC(=O)C2CCC(=O)NC2)C1. The molecule has 1 aliphatic carbocycles. The summed E-state index contributed by atoms with van der Waals surface area (Å²) < 4.78 is 5.15. The predicted molar refractivity (Wildman–Crippen MR) is 57.7 cm³/mol. The third-order valence-electron chi connectivity index (χ3n) is 3.41. The van der Waals surface area contributed by atoms with Crippen molar-refractivity contribution in [1.29, 1.82) is 0 Å². The van der Waals surface area contributed by atoms with Gasteiger partial charge in [-0.1, -0.05) is 0 Å². The van der Waals surface area contributed by atoms with Crippen LogP contribution in [-0.2, 0) is 14.3 Å². The van der Waals surface area contributed by atoms with Crippen LogP contribution in [0.3, 0.4) is 0 Å². The lowest BCUT2D eigenvalue weighted by molar-refractivity contribution is -0.130. The Labute approximate surface area is 94.9 Å². The highest BCUT2D eigenvalue weighted by Crippen LogP contribution is 2.23. The standard InChI is InChI=1S/C11H18N2O3/c1-16-9-4-8(5-9)13-11(15)7-2-3-10(14)12-6-7/h7-9H,2-6H2,1H3,(H,12,14)(H,13,15). The zero-order valence-corrected chi connectivity index (χ0v) is 9.49. The summed E-state index contributed by atoms with van der Waals surface area (Å²) in [6.45, 7) is 0.477. The Morgan fingerprint density at radius 1 is 1.50 bits per heavy atom. The van der Waals surface area contributed by atoms with Gasteiger partial charge in [-0.25, -0.2) is 0 Å². The molecule has 0 bridgehead atoms. The van der Waals surface area contributed by atoms with Gasteiger partial charge in [-0.3, -0.25) is 9.59 Å². The van der Waals surface area contributed by atoms with E-state index in [1.54, 1.807) is 7.11 Å². The molecule has 16 heavy (non-hydrogen) atoms. The number of carbonyl (C=O) groups excluding carboxylic acids is 2. The molecule has 5 nitrogen and oxygen atoms in total. The van der Waals surface area contributed by atoms with Gasteiger partial charge in [-0.15, -0.1) is 0 Å². The summed E-state index contributed by atoms with van der Waals surface area (Å²) >= 11 is 0. The molecule has 1 unspecified atom stereocenters. The van der Waals surface area contributed by atoms with E-state index in [4.69, 9.17) is 4.74 Å². The van der Waals surface area contributed by atoms with Crippen LogP contribution in [0.2, 0.25) is 0 Å². The molecule has 0 aromatic rings. The van der Waals surface area contributed by atoms with Gasteiger partial charge in [-0.05, 0) is 19.3 Å². The molecule has 2 amide bonds. The summed E-state index contributed by atoms with van der Waals surface area (Å²) in [6, 6.07) is 0.259. The third-order valence-corrected chi connectivity index (χ3v) is 3.41. The summed E-state index contributed by atoms with van der Waals surface area (Å²) in [5, 5.41) is 5.71. The van der Waals surface area contributed by atoms with Gasteiger partial charge in [0.1, 0.15) is 0 Å². The van der Waals surface area contributed by atoms with Crippen LogP contribution in [0.15, 0.2) is 0 Å². The quantitative estimate of drug-likeness (QED) is 0.700. The molecule has 0 aromatic heterocycles. The highest BCUT2D eigenvalue weighted by Gasteiger charge is 2.32. The first-order valence-electron chi connectivity index (χ1n) is 5.79. The van der Waals surface area contributed by atoms with Crippen molar-refractivity contribution in [1.82, 2.24) is 10.6 Å². The number of carbonyl (C=O) groups is 2. The van der Waals surface area contributed by atoms with Crippen molar-refractivity contribution in [2.75, 3.05) is 13.7 Å². The highest BCUT2D eigenvalue weighted by molar-refractivity contribution is 5.83. The Balaban J connectivity index is 1.70. The van der Waals surface area contributed by atoms with Gasteiger partial charge in [0.25, 0.3) is 0 Å². The Bertz CT molecular complexity index is 277. The zero-order valence-electron chi connectivity index (χ0n) is 9.49. The number of amides is 2. The van der Waals surface area contributed by atoms with Crippen LogP contribution in [0.5, 0.6) is 0 Å². The fourth-order valence-electron chi connectivity index (χ4n) is 2.15. The van der Waals surface area contributed by atoms with Crippen molar-refractivity contribution in [3.63, 3.8) is 0 Å². The maximum atomic E-state index is 11.8. The number of methoxy groups -OCH3 is 1. The topological polar surface area (TPSA) is 67.4 Å². The molecule has 2 aliphatic rings. The predicted octanol–water partition coefficient (Wildman–Crippen LogP) is -0.194. The number of ether oxygens (including phenoxy) is 1. The molecule has 2 fully saturated rings. The Hall–Kier alpha value is -1.10. The molecule has 2 N–H and O–H groups in total. The van der Waals surface area contributed by atoms with E-state index in [1.807, 2.05) is 0 Å². The third kappa shape index (κ3) is 2.52. The largest absolute Gasteiger partial charge is 0.381 e. The van der Waals surface area contributed by atoms with Crippen molar-refractivity contribution >= 4 is 11.8 Å². The van der Waals surface area contributed by atoms with Crippen LogP contribution in [-0.4, -0.2) is 37.6 Å². The lowest BCUT2D eigenvalue weighted by Gasteiger charge is -2.35. The fraction of sp³-hybridized carbons (Fsp3) is 0.818. The van der Waals surface area contributed by atoms with E-state index in [0.29, 0.717) is 25.5 Å². The minimum atomic E-state index is -0.0562. The first kappa shape index (κ1) is 11.4. The highest BCUT2D eigenvalue weighted by atomic mass is 16.5. The molecular weight excluding hydrogens is 208 g/mol. The van der Waals surface area contributed by atoms with Crippen LogP contribution in [0.25, 0.3) is 0 Å². The molecule has 90 valence electrons. The summed E-state index contributed by atoms with van der Waals surface area (Å²) in [6.07, 6.45) is 3.24. The van der Waals surface area contributed by atoms with Crippen LogP contribution in [0.4, 0.5) is 0 Å². The van der Waals surface area contributed by atoms with Crippen LogP contribution < -0.4 is 10.6 Å². The second-order valence-electron chi connectivity index (χ2n) is 4.57. The van der Waals surface area contributed by atoms with Crippen LogP contribution >= 0.6 is 0 Å². The zero-order chi connectivity index (χ0) is 11.5. The van der Waals surface area contributed by atoms with E-state index in [-0.39, 0.29) is 23.8 Å². The van der Waals surface area contributed by atoms with Gasteiger partial charge in [0.2, 0.25) is 11.8 Å². The van der Waals surface area contributed by atoms with Gasteiger partial charge in [0.05, 0.1) is 12.0 Å². The Morgan fingerprint density at radius 3 is 2.81 bits per heavy atom. The molecule has 0 aromatic carbocycles. The summed E-state index contributed by atoms with van der Waals surface area (Å²) in [5.41, 5.74) is 0. The molecule has 1 heterocycles. The van der Waals surface area contributed by atoms with E-state index in [1.165, 1.54) is 0 Å². The van der Waals surface area contributed by atoms with Crippen molar-refractivity contribution < 1.29 is 14.3 Å². The van der Waals surface area contributed by atoms with Crippen LogP contribution in [0, 0.1) is 5.92 Å². The van der Waals surface area contributed by atoms with E-state index in [0.717, 1.165) is 12.8 Å². The van der Waals surface area contributed by atoms with Gasteiger partial charge < -0.3 is 15.4 Å². The monoisotopic (exact) mass is 226 g/mol. The average molecular weight is 226 g/mol. The number of piperidine rings is 1. The second kappa shape index (κ2) is 4.82. The fourth-order valence-corrected chi connectivity index (χ4v) is 2.15. The Kier molecular flexibility index (Phi) is 3.43. The molecule has 5 heteroatoms. The summed E-state index contributed by atoms with van der Waals surface area (Å²) in [7, 11) is 1.69. The minimum Gasteiger partial charge on any atom is -0.381 e. The number of rotatable bonds is 3. The van der Waals surface area contributed by atoms with Gasteiger partial charge in [-0.2, -0.15) is 0 Å². The molecule has 1 saturated carbocycles. The Morgan fingerprint density at radius 2 is 2.25 bits per heavy atom. The molecule has 2 rings (SSSR count). The van der Waals surface area contributed by atoms with Crippen molar-refractivity contribution in [3.05, 3.63) is 0 Å². The lowest BCUT2D eigenvalue weighted by atomic mass is 9.88. The number of hydrogen-bond acceptors (Lipinski definition) is 3. The van der Waals surface area contributed by atoms with Crippen molar-refractivity contribution in [3.8, 4) is 0 Å². The molecule has 1 saturated heterocycles. The smallest absolute Gasteiger partial charge is 0.225 e. The first-order valence-corrected chi connectivity index (χ1v) is 5.79. The molecule has 1 atom stereocenters. The molecule has 0 radical (unpaired) electrons. The molecule has 1 aliphatic heterocycles. The van der Waals surface area contributed by atoms with E-state index in [9.17, 15) is 9.59 Å². The van der Waals surface area contributed by atoms with Crippen LogP contribution in [0.1, 0.15) is 25.7 Å². The van der Waals surface area contributed by atoms with E-state index in [2.05, 4.69) is 10.6 Å². The molecule has 0 spiro atoms. The van der Waals surface area contributed by atoms with E-state index < -0.39 is 0 Å². The second-order valence-corrected chi connectivity index (χ2v) is 4.57. The lowest BCUT2D eigenvalue weighted by Crippen LogP contribution is -2.51. The minimum absolute atomic E-state index is 0.0483. The van der Waals surface area contributed by atoms with E-state index >= 15 is 0 Å². The number of hydrogen-bond donors (Lipinski definition) is 2. The maximum Gasteiger partial charge on any atom is 0.225 e. The number of nitrogens with one attached hydrogen (secondary N) is 2. The molecular formula is C11H18N2O3. The first-order chi connectivity index (χ1) is 7.69. The van der Waals surface area contributed by atoms with Gasteiger partial charge in [0, 0.05) is 26.1 Å². The average Bonchev–Trinajstić information content (AvgIpc) is 2.23. The maximum absolute atomic E-state index is 11.8. The summed E-state index contributed by atoms with van der Waals surface area (Å²) in [4.78, 5) is 22.7. The normalized spacial score (nSPS) is 33.8. The van der Waals surface area contributed by atoms with Gasteiger partial charge >= 0.3 is 0 Å². The van der Waals surface area contributed by atoms with Crippen molar-refractivity contribution in [2.24, 2.45) is 5.92 Å². The van der Waals surface area contributed by atoms with Crippen molar-refractivity contribution in [2.45, 2.75) is 37.8 Å². The van der Waals surface area contributed by atoms with Gasteiger partial charge in [0.15, 0.2) is 0 Å². The summed E-state index contributed by atoms with van der Waals surface area (Å²) in [5.74, 6) is 0.0611.